The number of rotatable bonds is 7. The summed E-state index contributed by atoms with van der Waals surface area (Å²) in [4.78, 5) is 14.2. The minimum atomic E-state index is -0.0920. The minimum absolute atomic E-state index is 0.0920. The van der Waals surface area contributed by atoms with Crippen LogP contribution in [0.2, 0.25) is 0 Å². The molecule has 1 aromatic rings. The van der Waals surface area contributed by atoms with Crippen molar-refractivity contribution in [1.82, 2.24) is 4.90 Å². The van der Waals surface area contributed by atoms with Crippen LogP contribution in [0.15, 0.2) is 24.3 Å². The molecule has 1 aromatic carbocycles. The molecule has 1 aliphatic rings. The molecule has 1 fully saturated rings. The van der Waals surface area contributed by atoms with Gasteiger partial charge in [-0.15, -0.1) is 0 Å². The smallest absolute Gasteiger partial charge is 0.321 e. The quantitative estimate of drug-likeness (QED) is 0.838. The van der Waals surface area contributed by atoms with Gasteiger partial charge in [0.05, 0.1) is 12.7 Å². The molecule has 1 aliphatic heterocycles. The van der Waals surface area contributed by atoms with Crippen LogP contribution in [0, 0.1) is 0 Å². The Morgan fingerprint density at radius 3 is 3.00 bits per heavy atom. The molecule has 0 unspecified atom stereocenters. The molecule has 0 radical (unpaired) electrons. The number of carbonyl (C=O) groups is 1. The van der Waals surface area contributed by atoms with Crippen molar-refractivity contribution < 1.29 is 14.3 Å². The maximum absolute atomic E-state index is 12.4. The van der Waals surface area contributed by atoms with E-state index in [2.05, 4.69) is 12.2 Å². The number of amides is 2. The topological polar surface area (TPSA) is 50.8 Å². The van der Waals surface area contributed by atoms with Gasteiger partial charge in [0.1, 0.15) is 5.75 Å². The molecular weight excluding hydrogens is 280 g/mol. The molecule has 0 aromatic heterocycles. The first-order chi connectivity index (χ1) is 10.7. The van der Waals surface area contributed by atoms with Crippen LogP contribution >= 0.6 is 0 Å². The standard InChI is InChI=1S/C17H26N2O3/c1-3-10-21-15-8-5-7-14(12-15)18-17(20)19(4-2)13-16-9-6-11-22-16/h5,7-8,12,16H,3-4,6,9-11,13H2,1-2H3,(H,18,20)/t16-/m0/s1. The van der Waals surface area contributed by atoms with Crippen molar-refractivity contribution in [3.63, 3.8) is 0 Å². The van der Waals surface area contributed by atoms with Gasteiger partial charge in [-0.25, -0.2) is 4.79 Å². The van der Waals surface area contributed by atoms with Crippen LogP contribution in [-0.2, 0) is 4.74 Å². The Bertz CT molecular complexity index is 473. The maximum atomic E-state index is 12.4. The molecule has 5 heteroatoms. The van der Waals surface area contributed by atoms with Gasteiger partial charge in [0.25, 0.3) is 0 Å². The maximum Gasteiger partial charge on any atom is 0.321 e. The summed E-state index contributed by atoms with van der Waals surface area (Å²) in [5.74, 6) is 0.779. The van der Waals surface area contributed by atoms with E-state index >= 15 is 0 Å². The lowest BCUT2D eigenvalue weighted by molar-refractivity contribution is 0.0849. The number of hydrogen-bond donors (Lipinski definition) is 1. The lowest BCUT2D eigenvalue weighted by atomic mass is 10.2. The second-order valence-corrected chi connectivity index (χ2v) is 5.48. The van der Waals surface area contributed by atoms with E-state index in [1.54, 1.807) is 4.90 Å². The highest BCUT2D eigenvalue weighted by Gasteiger charge is 2.21. The molecule has 0 spiro atoms. The fourth-order valence-electron chi connectivity index (χ4n) is 2.48. The number of benzene rings is 1. The third-order valence-electron chi connectivity index (χ3n) is 3.68. The lowest BCUT2D eigenvalue weighted by Gasteiger charge is -2.24. The zero-order valence-electron chi connectivity index (χ0n) is 13.5. The van der Waals surface area contributed by atoms with E-state index in [0.717, 1.165) is 37.3 Å². The average Bonchev–Trinajstić information content (AvgIpc) is 3.04. The van der Waals surface area contributed by atoms with Gasteiger partial charge in [0.15, 0.2) is 0 Å². The Balaban J connectivity index is 1.91. The summed E-state index contributed by atoms with van der Waals surface area (Å²) in [6.07, 6.45) is 3.25. The van der Waals surface area contributed by atoms with Crippen LogP contribution in [-0.4, -0.2) is 43.3 Å². The fraction of sp³-hybridized carbons (Fsp3) is 0.588. The van der Waals surface area contributed by atoms with Gasteiger partial charge >= 0.3 is 6.03 Å². The van der Waals surface area contributed by atoms with E-state index in [4.69, 9.17) is 9.47 Å². The predicted octanol–water partition coefficient (Wildman–Crippen LogP) is 3.51. The van der Waals surface area contributed by atoms with Crippen LogP contribution in [0.25, 0.3) is 0 Å². The Labute approximate surface area is 132 Å². The molecule has 1 atom stereocenters. The molecule has 122 valence electrons. The lowest BCUT2D eigenvalue weighted by Crippen LogP contribution is -2.39. The van der Waals surface area contributed by atoms with Gasteiger partial charge in [-0.1, -0.05) is 13.0 Å². The van der Waals surface area contributed by atoms with Gasteiger partial charge in [-0.3, -0.25) is 0 Å². The number of anilines is 1. The summed E-state index contributed by atoms with van der Waals surface area (Å²) >= 11 is 0. The van der Waals surface area contributed by atoms with Crippen molar-refractivity contribution in [1.29, 1.82) is 0 Å². The summed E-state index contributed by atoms with van der Waals surface area (Å²) in [7, 11) is 0. The molecule has 22 heavy (non-hydrogen) atoms. The third kappa shape index (κ3) is 4.91. The van der Waals surface area contributed by atoms with Crippen molar-refractivity contribution in [2.75, 3.05) is 31.6 Å². The van der Waals surface area contributed by atoms with E-state index < -0.39 is 0 Å². The van der Waals surface area contributed by atoms with E-state index in [1.165, 1.54) is 0 Å². The molecule has 2 amide bonds. The van der Waals surface area contributed by atoms with Crippen LogP contribution in [0.5, 0.6) is 5.75 Å². The van der Waals surface area contributed by atoms with Crippen LogP contribution < -0.4 is 10.1 Å². The van der Waals surface area contributed by atoms with Crippen molar-refractivity contribution in [3.05, 3.63) is 24.3 Å². The summed E-state index contributed by atoms with van der Waals surface area (Å²) in [6, 6.07) is 7.42. The first-order valence-corrected chi connectivity index (χ1v) is 8.13. The summed E-state index contributed by atoms with van der Waals surface area (Å²) < 4.78 is 11.2. The molecule has 1 N–H and O–H groups in total. The van der Waals surface area contributed by atoms with E-state index in [0.29, 0.717) is 19.7 Å². The number of nitrogens with zero attached hydrogens (tertiary/aromatic N) is 1. The largest absolute Gasteiger partial charge is 0.494 e. The molecular formula is C17H26N2O3. The van der Waals surface area contributed by atoms with E-state index in [9.17, 15) is 4.79 Å². The molecule has 0 aliphatic carbocycles. The van der Waals surface area contributed by atoms with Gasteiger partial charge in [-0.05, 0) is 38.3 Å². The van der Waals surface area contributed by atoms with Crippen molar-refractivity contribution in [3.8, 4) is 5.75 Å². The first-order valence-electron chi connectivity index (χ1n) is 8.13. The second kappa shape index (κ2) is 8.63. The highest BCUT2D eigenvalue weighted by molar-refractivity contribution is 5.89. The fourth-order valence-corrected chi connectivity index (χ4v) is 2.48. The first kappa shape index (κ1) is 16.6. The van der Waals surface area contributed by atoms with Crippen molar-refractivity contribution >= 4 is 11.7 Å². The third-order valence-corrected chi connectivity index (χ3v) is 3.68. The van der Waals surface area contributed by atoms with Gasteiger partial charge in [0.2, 0.25) is 0 Å². The van der Waals surface area contributed by atoms with Gasteiger partial charge in [0, 0.05) is 31.5 Å². The van der Waals surface area contributed by atoms with E-state index in [1.807, 2.05) is 31.2 Å². The Hall–Kier alpha value is -1.75. The number of urea groups is 1. The summed E-state index contributed by atoms with van der Waals surface area (Å²) in [5, 5.41) is 2.94. The highest BCUT2D eigenvalue weighted by Crippen LogP contribution is 2.19. The zero-order chi connectivity index (χ0) is 15.8. The molecule has 1 heterocycles. The molecule has 1 saturated heterocycles. The van der Waals surface area contributed by atoms with Crippen LogP contribution in [0.4, 0.5) is 10.5 Å². The highest BCUT2D eigenvalue weighted by atomic mass is 16.5. The zero-order valence-corrected chi connectivity index (χ0v) is 13.5. The molecule has 2 rings (SSSR count). The Morgan fingerprint density at radius 2 is 2.32 bits per heavy atom. The van der Waals surface area contributed by atoms with Crippen LogP contribution in [0.3, 0.4) is 0 Å². The predicted molar refractivity (Wildman–Crippen MR) is 87.5 cm³/mol. The number of carbonyl (C=O) groups excluding carboxylic acids is 1. The normalized spacial score (nSPS) is 17.3. The molecule has 5 nitrogen and oxygen atoms in total. The number of hydrogen-bond acceptors (Lipinski definition) is 3. The number of likely N-dealkylation sites (N-methyl/N-ethyl adjacent to an activating group) is 1. The Morgan fingerprint density at radius 1 is 1.45 bits per heavy atom. The SMILES string of the molecule is CCCOc1cccc(NC(=O)N(CC)C[C@@H]2CCCO2)c1. The number of ether oxygens (including phenoxy) is 2. The van der Waals surface area contributed by atoms with Gasteiger partial charge < -0.3 is 19.7 Å². The van der Waals surface area contributed by atoms with E-state index in [-0.39, 0.29) is 12.1 Å². The Kier molecular flexibility index (Phi) is 6.52. The number of nitrogens with one attached hydrogen (secondary N) is 1. The second-order valence-electron chi connectivity index (χ2n) is 5.48. The summed E-state index contributed by atoms with van der Waals surface area (Å²) in [5.41, 5.74) is 0.754. The monoisotopic (exact) mass is 306 g/mol. The van der Waals surface area contributed by atoms with Crippen molar-refractivity contribution in [2.24, 2.45) is 0 Å². The van der Waals surface area contributed by atoms with Crippen LogP contribution in [0.1, 0.15) is 33.1 Å². The minimum Gasteiger partial charge on any atom is -0.494 e. The van der Waals surface area contributed by atoms with Crippen molar-refractivity contribution in [2.45, 2.75) is 39.2 Å². The average molecular weight is 306 g/mol. The molecule has 0 bridgehead atoms. The summed E-state index contributed by atoms with van der Waals surface area (Å²) in [6.45, 7) is 6.84. The molecule has 0 saturated carbocycles. The van der Waals surface area contributed by atoms with Gasteiger partial charge in [-0.2, -0.15) is 0 Å².